The molecule has 0 atom stereocenters. The number of anilines is 2. The van der Waals surface area contributed by atoms with Crippen LogP contribution in [0.1, 0.15) is 6.42 Å². The Labute approximate surface area is 124 Å². The number of halogens is 1. The van der Waals surface area contributed by atoms with Crippen LogP contribution in [0.5, 0.6) is 0 Å². The third-order valence-electron chi connectivity index (χ3n) is 2.98. The fraction of sp³-hybridized carbons (Fsp3) is 0.188. The van der Waals surface area contributed by atoms with E-state index in [0.717, 1.165) is 11.4 Å². The molecule has 0 bridgehead atoms. The normalized spacial score (nSPS) is 10.1. The molecule has 2 aromatic carbocycles. The van der Waals surface area contributed by atoms with Gasteiger partial charge in [-0.1, -0.05) is 35.9 Å². The van der Waals surface area contributed by atoms with Gasteiger partial charge in [0, 0.05) is 36.4 Å². The van der Waals surface area contributed by atoms with Gasteiger partial charge in [0.25, 0.3) is 0 Å². The molecule has 2 aromatic rings. The zero-order valence-electron chi connectivity index (χ0n) is 11.3. The topological polar surface area (TPSA) is 32.3 Å². The van der Waals surface area contributed by atoms with Crippen LogP contribution in [0.15, 0.2) is 54.6 Å². The monoisotopic (exact) mass is 288 g/mol. The Hall–Kier alpha value is -2.00. The molecular weight excluding hydrogens is 272 g/mol. The molecule has 0 aliphatic heterocycles. The molecule has 0 saturated carbocycles. The highest BCUT2D eigenvalue weighted by Gasteiger charge is 2.06. The number of rotatable bonds is 5. The number of benzene rings is 2. The van der Waals surface area contributed by atoms with Crippen LogP contribution in [0.4, 0.5) is 11.4 Å². The van der Waals surface area contributed by atoms with E-state index in [1.807, 2.05) is 49.5 Å². The molecule has 0 saturated heterocycles. The lowest BCUT2D eigenvalue weighted by molar-refractivity contribution is -0.116. The first-order valence-electron chi connectivity index (χ1n) is 6.47. The van der Waals surface area contributed by atoms with Crippen molar-refractivity contribution in [2.45, 2.75) is 6.42 Å². The Balaban J connectivity index is 1.83. The third kappa shape index (κ3) is 4.28. The lowest BCUT2D eigenvalue weighted by Crippen LogP contribution is -2.23. The minimum Gasteiger partial charge on any atom is -0.374 e. The summed E-state index contributed by atoms with van der Waals surface area (Å²) in [6.07, 6.45) is 0.428. The number of nitrogens with one attached hydrogen (secondary N) is 1. The van der Waals surface area contributed by atoms with E-state index in [1.54, 1.807) is 12.1 Å². The fourth-order valence-electron chi connectivity index (χ4n) is 1.87. The molecule has 4 heteroatoms. The number of hydrogen-bond donors (Lipinski definition) is 1. The molecule has 0 unspecified atom stereocenters. The SMILES string of the molecule is CN(CCC(=O)Nc1cccc(Cl)c1)c1ccccc1. The number of carbonyl (C=O) groups excluding carboxylic acids is 1. The van der Waals surface area contributed by atoms with E-state index < -0.39 is 0 Å². The Morgan fingerprint density at radius 3 is 2.60 bits per heavy atom. The van der Waals surface area contributed by atoms with E-state index in [2.05, 4.69) is 10.2 Å². The second-order valence-corrected chi connectivity index (χ2v) is 5.00. The third-order valence-corrected chi connectivity index (χ3v) is 3.21. The summed E-state index contributed by atoms with van der Waals surface area (Å²) in [4.78, 5) is 13.9. The first-order valence-corrected chi connectivity index (χ1v) is 6.84. The predicted molar refractivity (Wildman–Crippen MR) is 84.4 cm³/mol. The molecule has 0 radical (unpaired) electrons. The number of carbonyl (C=O) groups is 1. The summed E-state index contributed by atoms with van der Waals surface area (Å²) in [6.45, 7) is 0.663. The van der Waals surface area contributed by atoms with Crippen LogP contribution >= 0.6 is 11.6 Å². The maximum absolute atomic E-state index is 11.9. The second-order valence-electron chi connectivity index (χ2n) is 4.57. The zero-order chi connectivity index (χ0) is 14.4. The van der Waals surface area contributed by atoms with Gasteiger partial charge in [0.2, 0.25) is 5.91 Å². The molecular formula is C16H17ClN2O. The van der Waals surface area contributed by atoms with Crippen molar-refractivity contribution in [3.8, 4) is 0 Å². The largest absolute Gasteiger partial charge is 0.374 e. The van der Waals surface area contributed by atoms with Gasteiger partial charge < -0.3 is 10.2 Å². The number of amides is 1. The summed E-state index contributed by atoms with van der Waals surface area (Å²) in [6, 6.07) is 17.1. The summed E-state index contributed by atoms with van der Waals surface area (Å²) in [5.41, 5.74) is 1.83. The van der Waals surface area contributed by atoms with Gasteiger partial charge >= 0.3 is 0 Å². The number of hydrogen-bond acceptors (Lipinski definition) is 2. The van der Waals surface area contributed by atoms with Crippen molar-refractivity contribution in [1.29, 1.82) is 0 Å². The van der Waals surface area contributed by atoms with E-state index >= 15 is 0 Å². The highest BCUT2D eigenvalue weighted by Crippen LogP contribution is 2.15. The van der Waals surface area contributed by atoms with Crippen LogP contribution in [-0.2, 0) is 4.79 Å². The van der Waals surface area contributed by atoms with Gasteiger partial charge in [0.1, 0.15) is 0 Å². The Morgan fingerprint density at radius 2 is 1.90 bits per heavy atom. The van der Waals surface area contributed by atoms with Crippen LogP contribution < -0.4 is 10.2 Å². The van der Waals surface area contributed by atoms with Crippen LogP contribution in [0, 0.1) is 0 Å². The summed E-state index contributed by atoms with van der Waals surface area (Å²) >= 11 is 5.88. The molecule has 0 heterocycles. The molecule has 0 aromatic heterocycles. The van der Waals surface area contributed by atoms with Gasteiger partial charge in [-0.2, -0.15) is 0 Å². The first kappa shape index (κ1) is 14.4. The van der Waals surface area contributed by atoms with Crippen molar-refractivity contribution < 1.29 is 4.79 Å². The lowest BCUT2D eigenvalue weighted by atomic mass is 10.2. The molecule has 0 aliphatic rings. The summed E-state index contributed by atoms with van der Waals surface area (Å²) < 4.78 is 0. The molecule has 0 fully saturated rings. The molecule has 0 spiro atoms. The van der Waals surface area contributed by atoms with Crippen LogP contribution in [0.2, 0.25) is 5.02 Å². The number of para-hydroxylation sites is 1. The summed E-state index contributed by atoms with van der Waals surface area (Å²) in [5.74, 6) is -0.0185. The molecule has 2 rings (SSSR count). The van der Waals surface area contributed by atoms with Crippen molar-refractivity contribution in [2.75, 3.05) is 23.8 Å². The van der Waals surface area contributed by atoms with Crippen molar-refractivity contribution in [1.82, 2.24) is 0 Å². The van der Waals surface area contributed by atoms with Gasteiger partial charge in [0.15, 0.2) is 0 Å². The van der Waals surface area contributed by atoms with Gasteiger partial charge in [0.05, 0.1) is 0 Å². The van der Waals surface area contributed by atoms with E-state index in [-0.39, 0.29) is 5.91 Å². The summed E-state index contributed by atoms with van der Waals surface area (Å²) in [5, 5.41) is 3.45. The predicted octanol–water partition coefficient (Wildman–Crippen LogP) is 3.81. The van der Waals surface area contributed by atoms with Crippen molar-refractivity contribution in [3.05, 3.63) is 59.6 Å². The van der Waals surface area contributed by atoms with E-state index in [4.69, 9.17) is 11.6 Å². The van der Waals surface area contributed by atoms with Crippen molar-refractivity contribution in [3.63, 3.8) is 0 Å². The molecule has 3 nitrogen and oxygen atoms in total. The van der Waals surface area contributed by atoms with Crippen LogP contribution in [0.3, 0.4) is 0 Å². The molecule has 104 valence electrons. The molecule has 0 aliphatic carbocycles. The van der Waals surface area contributed by atoms with Gasteiger partial charge in [-0.25, -0.2) is 0 Å². The maximum atomic E-state index is 11.9. The smallest absolute Gasteiger partial charge is 0.226 e. The summed E-state index contributed by atoms with van der Waals surface area (Å²) in [7, 11) is 1.97. The standard InChI is InChI=1S/C16H17ClN2O/c1-19(15-8-3-2-4-9-15)11-10-16(20)18-14-7-5-6-13(17)12-14/h2-9,12H,10-11H2,1H3,(H,18,20). The first-order chi connectivity index (χ1) is 9.65. The average Bonchev–Trinajstić information content (AvgIpc) is 2.46. The molecule has 20 heavy (non-hydrogen) atoms. The van der Waals surface area contributed by atoms with E-state index in [9.17, 15) is 4.79 Å². The van der Waals surface area contributed by atoms with E-state index in [0.29, 0.717) is 18.0 Å². The Kier molecular flexibility index (Phi) is 5.02. The van der Waals surface area contributed by atoms with Crippen molar-refractivity contribution in [2.24, 2.45) is 0 Å². The fourth-order valence-corrected chi connectivity index (χ4v) is 2.06. The lowest BCUT2D eigenvalue weighted by Gasteiger charge is -2.18. The van der Waals surface area contributed by atoms with E-state index in [1.165, 1.54) is 0 Å². The Morgan fingerprint density at radius 1 is 1.15 bits per heavy atom. The minimum absolute atomic E-state index is 0.0185. The quantitative estimate of drug-likeness (QED) is 0.907. The highest BCUT2D eigenvalue weighted by atomic mass is 35.5. The maximum Gasteiger partial charge on any atom is 0.226 e. The van der Waals surface area contributed by atoms with Gasteiger partial charge in [-0.05, 0) is 30.3 Å². The van der Waals surface area contributed by atoms with Gasteiger partial charge in [-0.3, -0.25) is 4.79 Å². The molecule has 1 N–H and O–H groups in total. The Bertz CT molecular complexity index is 572. The highest BCUT2D eigenvalue weighted by molar-refractivity contribution is 6.30. The van der Waals surface area contributed by atoms with Crippen molar-refractivity contribution >= 4 is 28.9 Å². The second kappa shape index (κ2) is 6.96. The van der Waals surface area contributed by atoms with Crippen LogP contribution in [0.25, 0.3) is 0 Å². The minimum atomic E-state index is -0.0185. The van der Waals surface area contributed by atoms with Crippen LogP contribution in [-0.4, -0.2) is 19.5 Å². The molecule has 1 amide bonds. The van der Waals surface area contributed by atoms with Gasteiger partial charge in [-0.15, -0.1) is 0 Å². The zero-order valence-corrected chi connectivity index (χ0v) is 12.1. The number of nitrogens with zero attached hydrogens (tertiary/aromatic N) is 1. The average molecular weight is 289 g/mol.